The molecule has 3 aromatic rings. The smallest absolute Gasteiger partial charge is 0.291 e. The van der Waals surface area contributed by atoms with E-state index < -0.39 is 22.0 Å². The first kappa shape index (κ1) is 23.0. The molecule has 0 aliphatic carbocycles. The average molecular weight is 458 g/mol. The standard InChI is InChI=1S/C22H23N3O6S/c1-15(25-32(28,29)19-11-9-18(30-2)10-12-19)21(26)23-14-16-5-7-17(8-6-16)24-22(27)20-4-3-13-31-20/h3-13,15,25H,14H2,1-2H3,(H,23,26)(H,24,27)/t15-/m1/s1. The summed E-state index contributed by atoms with van der Waals surface area (Å²) in [5.74, 6) is -0.111. The molecule has 0 radical (unpaired) electrons. The highest BCUT2D eigenvalue weighted by Crippen LogP contribution is 2.16. The minimum absolute atomic E-state index is 0.0325. The average Bonchev–Trinajstić information content (AvgIpc) is 3.33. The van der Waals surface area contributed by atoms with Gasteiger partial charge in [0, 0.05) is 12.2 Å². The van der Waals surface area contributed by atoms with E-state index in [9.17, 15) is 18.0 Å². The van der Waals surface area contributed by atoms with Gasteiger partial charge in [-0.25, -0.2) is 8.42 Å². The molecule has 1 atom stereocenters. The molecule has 0 aliphatic rings. The molecular weight excluding hydrogens is 434 g/mol. The number of ether oxygens (including phenoxy) is 1. The number of carbonyl (C=O) groups excluding carboxylic acids is 2. The van der Waals surface area contributed by atoms with E-state index in [4.69, 9.17) is 9.15 Å². The van der Waals surface area contributed by atoms with Crippen LogP contribution in [0.5, 0.6) is 5.75 Å². The maximum Gasteiger partial charge on any atom is 0.291 e. The minimum Gasteiger partial charge on any atom is -0.497 e. The fourth-order valence-electron chi connectivity index (χ4n) is 2.76. The third-order valence-electron chi connectivity index (χ3n) is 4.52. The van der Waals surface area contributed by atoms with Gasteiger partial charge < -0.3 is 19.8 Å². The second-order valence-corrected chi connectivity index (χ2v) is 8.58. The molecule has 0 bridgehead atoms. The Morgan fingerprint density at radius 1 is 1.03 bits per heavy atom. The molecule has 0 unspecified atom stereocenters. The van der Waals surface area contributed by atoms with Gasteiger partial charge in [0.1, 0.15) is 5.75 Å². The van der Waals surface area contributed by atoms with Gasteiger partial charge in [-0.05, 0) is 61.0 Å². The van der Waals surface area contributed by atoms with Crippen molar-refractivity contribution < 1.29 is 27.2 Å². The second kappa shape index (κ2) is 10.1. The predicted molar refractivity (Wildman–Crippen MR) is 118 cm³/mol. The van der Waals surface area contributed by atoms with Crippen LogP contribution in [0.15, 0.2) is 76.2 Å². The number of nitrogens with one attached hydrogen (secondary N) is 3. The Bertz CT molecular complexity index is 1160. The number of anilines is 1. The number of benzene rings is 2. The molecule has 0 spiro atoms. The van der Waals surface area contributed by atoms with Crippen molar-refractivity contribution in [3.63, 3.8) is 0 Å². The van der Waals surface area contributed by atoms with E-state index in [1.165, 1.54) is 44.6 Å². The highest BCUT2D eigenvalue weighted by Gasteiger charge is 2.22. The number of furan rings is 1. The number of methoxy groups -OCH3 is 1. The maximum atomic E-state index is 12.5. The highest BCUT2D eigenvalue weighted by atomic mass is 32.2. The van der Waals surface area contributed by atoms with Crippen LogP contribution in [0.3, 0.4) is 0 Å². The van der Waals surface area contributed by atoms with Gasteiger partial charge in [-0.15, -0.1) is 0 Å². The van der Waals surface area contributed by atoms with Gasteiger partial charge in [0.2, 0.25) is 15.9 Å². The lowest BCUT2D eigenvalue weighted by Gasteiger charge is -2.15. The summed E-state index contributed by atoms with van der Waals surface area (Å²) >= 11 is 0. The molecule has 3 N–H and O–H groups in total. The van der Waals surface area contributed by atoms with E-state index in [-0.39, 0.29) is 23.1 Å². The molecule has 0 saturated heterocycles. The molecule has 1 aromatic heterocycles. The van der Waals surface area contributed by atoms with Crippen molar-refractivity contribution in [2.24, 2.45) is 0 Å². The van der Waals surface area contributed by atoms with Crippen LogP contribution in [0.1, 0.15) is 23.0 Å². The maximum absolute atomic E-state index is 12.5. The summed E-state index contributed by atoms with van der Waals surface area (Å²) in [6.07, 6.45) is 1.42. The van der Waals surface area contributed by atoms with Crippen LogP contribution in [0.4, 0.5) is 5.69 Å². The topological polar surface area (TPSA) is 127 Å². The lowest BCUT2D eigenvalue weighted by atomic mass is 10.2. The Morgan fingerprint density at radius 3 is 2.31 bits per heavy atom. The van der Waals surface area contributed by atoms with Gasteiger partial charge >= 0.3 is 0 Å². The largest absolute Gasteiger partial charge is 0.497 e. The fraction of sp³-hybridized carbons (Fsp3) is 0.182. The van der Waals surface area contributed by atoms with Crippen LogP contribution in [0, 0.1) is 0 Å². The number of hydrogen-bond donors (Lipinski definition) is 3. The van der Waals surface area contributed by atoms with Gasteiger partial charge in [0.25, 0.3) is 5.91 Å². The van der Waals surface area contributed by atoms with E-state index in [0.29, 0.717) is 11.4 Å². The van der Waals surface area contributed by atoms with E-state index in [1.807, 2.05) is 0 Å². The van der Waals surface area contributed by atoms with Gasteiger partial charge in [-0.2, -0.15) is 4.72 Å². The van der Waals surface area contributed by atoms with E-state index >= 15 is 0 Å². The quantitative estimate of drug-likeness (QED) is 0.453. The van der Waals surface area contributed by atoms with Gasteiger partial charge in [-0.3, -0.25) is 9.59 Å². The van der Waals surface area contributed by atoms with Crippen LogP contribution < -0.4 is 20.1 Å². The van der Waals surface area contributed by atoms with Crippen molar-refractivity contribution in [3.05, 3.63) is 78.3 Å². The fourth-order valence-corrected chi connectivity index (χ4v) is 3.96. The van der Waals surface area contributed by atoms with Gasteiger partial charge in [0.05, 0.1) is 24.3 Å². The number of rotatable bonds is 9. The zero-order valence-corrected chi connectivity index (χ0v) is 18.3. The summed E-state index contributed by atoms with van der Waals surface area (Å²) in [5.41, 5.74) is 1.35. The summed E-state index contributed by atoms with van der Waals surface area (Å²) in [7, 11) is -2.38. The van der Waals surface area contributed by atoms with E-state index in [0.717, 1.165) is 5.56 Å². The Balaban J connectivity index is 1.51. The number of amides is 2. The van der Waals surface area contributed by atoms with Crippen LogP contribution in [0.2, 0.25) is 0 Å². The summed E-state index contributed by atoms with van der Waals surface area (Å²) in [4.78, 5) is 24.4. The molecule has 2 amide bonds. The summed E-state index contributed by atoms with van der Waals surface area (Å²) in [6, 6.07) is 14.9. The predicted octanol–water partition coefficient (Wildman–Crippen LogP) is 2.52. The molecule has 0 saturated carbocycles. The molecule has 2 aromatic carbocycles. The normalized spacial score (nSPS) is 12.1. The first-order valence-electron chi connectivity index (χ1n) is 9.66. The molecular formula is C22H23N3O6S. The third-order valence-corrected chi connectivity index (χ3v) is 6.08. The molecule has 0 aliphatic heterocycles. The Labute approximate surface area is 185 Å². The van der Waals surface area contributed by atoms with Crippen molar-refractivity contribution in [3.8, 4) is 5.75 Å². The molecule has 9 nitrogen and oxygen atoms in total. The van der Waals surface area contributed by atoms with Gasteiger partial charge in [-0.1, -0.05) is 12.1 Å². The number of hydrogen-bond acceptors (Lipinski definition) is 6. The Hall–Kier alpha value is -3.63. The Morgan fingerprint density at radius 2 is 1.72 bits per heavy atom. The summed E-state index contributed by atoms with van der Waals surface area (Å²) < 4.78 is 37.3. The van der Waals surface area contributed by atoms with Crippen LogP contribution in [0.25, 0.3) is 0 Å². The van der Waals surface area contributed by atoms with Crippen molar-refractivity contribution in [1.29, 1.82) is 0 Å². The summed E-state index contributed by atoms with van der Waals surface area (Å²) in [6.45, 7) is 1.66. The van der Waals surface area contributed by atoms with E-state index in [2.05, 4.69) is 15.4 Å². The Kier molecular flexibility index (Phi) is 7.29. The molecule has 168 valence electrons. The molecule has 10 heteroatoms. The highest BCUT2D eigenvalue weighted by molar-refractivity contribution is 7.89. The lowest BCUT2D eigenvalue weighted by Crippen LogP contribution is -2.44. The van der Waals surface area contributed by atoms with E-state index in [1.54, 1.807) is 36.4 Å². The van der Waals surface area contributed by atoms with Crippen LogP contribution >= 0.6 is 0 Å². The third kappa shape index (κ3) is 5.96. The second-order valence-electron chi connectivity index (χ2n) is 6.86. The molecule has 3 rings (SSSR count). The van der Waals surface area contributed by atoms with Gasteiger partial charge in [0.15, 0.2) is 5.76 Å². The first-order valence-corrected chi connectivity index (χ1v) is 11.1. The molecule has 1 heterocycles. The van der Waals surface area contributed by atoms with Crippen molar-refractivity contribution in [1.82, 2.24) is 10.0 Å². The zero-order chi connectivity index (χ0) is 23.1. The SMILES string of the molecule is COc1ccc(S(=O)(=O)N[C@H](C)C(=O)NCc2ccc(NC(=O)c3ccco3)cc2)cc1. The molecule has 32 heavy (non-hydrogen) atoms. The van der Waals surface area contributed by atoms with Crippen molar-refractivity contribution in [2.75, 3.05) is 12.4 Å². The zero-order valence-electron chi connectivity index (χ0n) is 17.5. The summed E-state index contributed by atoms with van der Waals surface area (Å²) in [5, 5.41) is 5.38. The van der Waals surface area contributed by atoms with Crippen LogP contribution in [-0.4, -0.2) is 33.4 Å². The number of carbonyl (C=O) groups is 2. The van der Waals surface area contributed by atoms with Crippen LogP contribution in [-0.2, 0) is 21.4 Å². The molecule has 0 fully saturated rings. The lowest BCUT2D eigenvalue weighted by molar-refractivity contribution is -0.122. The van der Waals surface area contributed by atoms with Crippen molar-refractivity contribution in [2.45, 2.75) is 24.4 Å². The van der Waals surface area contributed by atoms with Crippen molar-refractivity contribution >= 4 is 27.5 Å². The minimum atomic E-state index is -3.86. The monoisotopic (exact) mass is 457 g/mol. The number of sulfonamides is 1. The first-order chi connectivity index (χ1) is 15.3.